The highest BCUT2D eigenvalue weighted by Crippen LogP contribution is 2.29. The van der Waals surface area contributed by atoms with Crippen molar-refractivity contribution in [2.24, 2.45) is 7.05 Å². The summed E-state index contributed by atoms with van der Waals surface area (Å²) in [6, 6.07) is 8.07. The largest absolute Gasteiger partial charge is 0.350 e. The summed E-state index contributed by atoms with van der Waals surface area (Å²) in [6.07, 6.45) is 3.77. The van der Waals surface area contributed by atoms with Crippen LogP contribution in [0.5, 0.6) is 0 Å². The highest BCUT2D eigenvalue weighted by atomic mass is 15.1. The van der Waals surface area contributed by atoms with Gasteiger partial charge in [0.05, 0.1) is 12.3 Å². The first-order valence-electron chi connectivity index (χ1n) is 7.18. The number of nitrogens with zero attached hydrogens (tertiary/aromatic N) is 4. The molecule has 3 rings (SSSR count). The van der Waals surface area contributed by atoms with Gasteiger partial charge in [-0.05, 0) is 38.5 Å². The molecule has 2 heterocycles. The van der Waals surface area contributed by atoms with Gasteiger partial charge in [-0.3, -0.25) is 4.57 Å². The summed E-state index contributed by atoms with van der Waals surface area (Å²) in [5.41, 5.74) is 6.14. The maximum absolute atomic E-state index is 7.28. The Kier molecular flexibility index (Phi) is 3.34. The summed E-state index contributed by atoms with van der Waals surface area (Å²) in [5, 5.41) is 0. The van der Waals surface area contributed by atoms with Gasteiger partial charge in [-0.15, -0.1) is 0 Å². The summed E-state index contributed by atoms with van der Waals surface area (Å²) in [5.74, 6) is 0.860. The van der Waals surface area contributed by atoms with Crippen LogP contribution in [0, 0.1) is 27.3 Å². The molecule has 0 fully saturated rings. The summed E-state index contributed by atoms with van der Waals surface area (Å²) in [4.78, 5) is 8.09. The van der Waals surface area contributed by atoms with Crippen LogP contribution in [-0.4, -0.2) is 14.1 Å². The highest BCUT2D eigenvalue weighted by molar-refractivity contribution is 5.67. The smallest absolute Gasteiger partial charge is 0.190 e. The van der Waals surface area contributed by atoms with Crippen molar-refractivity contribution in [3.8, 4) is 17.1 Å². The predicted octanol–water partition coefficient (Wildman–Crippen LogP) is 4.35. The average Bonchev–Trinajstić information content (AvgIpc) is 3.08. The van der Waals surface area contributed by atoms with Crippen molar-refractivity contribution >= 4 is 5.69 Å². The van der Waals surface area contributed by atoms with Crippen LogP contribution in [0.1, 0.15) is 17.0 Å². The number of benzene rings is 1. The van der Waals surface area contributed by atoms with Gasteiger partial charge in [-0.2, -0.15) is 0 Å². The van der Waals surface area contributed by atoms with Gasteiger partial charge in [0.1, 0.15) is 5.82 Å². The normalized spacial score (nSPS) is 10.7. The van der Waals surface area contributed by atoms with Gasteiger partial charge in [0.15, 0.2) is 5.69 Å². The van der Waals surface area contributed by atoms with Gasteiger partial charge in [0.2, 0.25) is 0 Å². The van der Waals surface area contributed by atoms with Crippen molar-refractivity contribution in [2.45, 2.75) is 20.8 Å². The lowest BCUT2D eigenvalue weighted by Gasteiger charge is -2.09. The molecule has 0 saturated heterocycles. The van der Waals surface area contributed by atoms with Crippen LogP contribution in [0.25, 0.3) is 21.9 Å². The molecule has 3 aromatic rings. The van der Waals surface area contributed by atoms with E-state index in [1.807, 2.05) is 31.3 Å². The first kappa shape index (κ1) is 14.2. The lowest BCUT2D eigenvalue weighted by Crippen LogP contribution is -1.99. The maximum Gasteiger partial charge on any atom is 0.190 e. The van der Waals surface area contributed by atoms with Gasteiger partial charge in [-0.1, -0.05) is 12.1 Å². The van der Waals surface area contributed by atoms with Gasteiger partial charge < -0.3 is 4.57 Å². The number of hydrogen-bond acceptors (Lipinski definition) is 1. The van der Waals surface area contributed by atoms with Gasteiger partial charge in [0.25, 0.3) is 0 Å². The lowest BCUT2D eigenvalue weighted by molar-refractivity contribution is 0.837. The SMILES string of the molecule is [C-]#[N+]c1cc(-c2nccn2-c2cc(C)n(C)c2C)ccc1C. The molecule has 0 aliphatic rings. The van der Waals surface area contributed by atoms with E-state index in [0.29, 0.717) is 5.69 Å². The molecule has 2 aromatic heterocycles. The van der Waals surface area contributed by atoms with Crippen LogP contribution >= 0.6 is 0 Å². The monoisotopic (exact) mass is 290 g/mol. The molecule has 22 heavy (non-hydrogen) atoms. The van der Waals surface area contributed by atoms with Gasteiger partial charge in [-0.25, -0.2) is 9.83 Å². The number of aromatic nitrogens is 3. The Morgan fingerprint density at radius 2 is 1.91 bits per heavy atom. The molecular weight excluding hydrogens is 272 g/mol. The van der Waals surface area contributed by atoms with Crippen molar-refractivity contribution in [2.75, 3.05) is 0 Å². The Balaban J connectivity index is 2.18. The molecule has 0 unspecified atom stereocenters. The maximum atomic E-state index is 7.28. The van der Waals surface area contributed by atoms with Crippen LogP contribution < -0.4 is 0 Å². The van der Waals surface area contributed by atoms with Crippen molar-refractivity contribution in [3.63, 3.8) is 0 Å². The quantitative estimate of drug-likeness (QED) is 0.644. The van der Waals surface area contributed by atoms with E-state index < -0.39 is 0 Å². The van der Waals surface area contributed by atoms with Crippen LogP contribution in [0.3, 0.4) is 0 Å². The molecule has 0 aliphatic heterocycles. The molecular formula is C18H18N4. The molecule has 0 saturated carbocycles. The van der Waals surface area contributed by atoms with E-state index in [4.69, 9.17) is 6.57 Å². The molecule has 4 heteroatoms. The van der Waals surface area contributed by atoms with E-state index in [0.717, 1.165) is 22.6 Å². The molecule has 110 valence electrons. The van der Waals surface area contributed by atoms with Gasteiger partial charge >= 0.3 is 0 Å². The molecule has 4 nitrogen and oxygen atoms in total. The fraction of sp³-hybridized carbons (Fsp3) is 0.222. The average molecular weight is 290 g/mol. The minimum atomic E-state index is 0.674. The van der Waals surface area contributed by atoms with E-state index in [-0.39, 0.29) is 0 Å². The minimum Gasteiger partial charge on any atom is -0.350 e. The van der Waals surface area contributed by atoms with Crippen molar-refractivity contribution in [3.05, 3.63) is 65.0 Å². The van der Waals surface area contributed by atoms with Crippen molar-refractivity contribution in [1.82, 2.24) is 14.1 Å². The lowest BCUT2D eigenvalue weighted by atomic mass is 10.1. The van der Waals surface area contributed by atoms with Crippen LogP contribution in [0.4, 0.5) is 5.69 Å². The topological polar surface area (TPSA) is 27.1 Å². The van der Waals surface area contributed by atoms with E-state index in [9.17, 15) is 0 Å². The second-order valence-corrected chi connectivity index (χ2v) is 5.55. The molecule has 0 bridgehead atoms. The fourth-order valence-electron chi connectivity index (χ4n) is 2.66. The highest BCUT2D eigenvalue weighted by Gasteiger charge is 2.14. The van der Waals surface area contributed by atoms with E-state index in [1.54, 1.807) is 6.20 Å². The third kappa shape index (κ3) is 2.11. The third-order valence-electron chi connectivity index (χ3n) is 4.24. The second kappa shape index (κ2) is 5.19. The zero-order valence-corrected chi connectivity index (χ0v) is 13.3. The number of aryl methyl sites for hydroxylation is 2. The van der Waals surface area contributed by atoms with Crippen molar-refractivity contribution < 1.29 is 0 Å². The van der Waals surface area contributed by atoms with Crippen molar-refractivity contribution in [1.29, 1.82) is 0 Å². The minimum absolute atomic E-state index is 0.674. The van der Waals surface area contributed by atoms with E-state index >= 15 is 0 Å². The third-order valence-corrected chi connectivity index (χ3v) is 4.24. The first-order chi connectivity index (χ1) is 10.5. The van der Waals surface area contributed by atoms with Crippen LogP contribution in [0.2, 0.25) is 0 Å². The zero-order valence-electron chi connectivity index (χ0n) is 13.3. The van der Waals surface area contributed by atoms with E-state index in [2.05, 4.69) is 45.9 Å². The standard InChI is InChI=1S/C18H18N4/c1-12-6-7-15(11-16(12)19-4)18-20-8-9-22(18)17-10-13(2)21(5)14(17)3/h6-11H,1-3,5H3. The molecule has 1 aromatic carbocycles. The summed E-state index contributed by atoms with van der Waals surface area (Å²) < 4.78 is 4.25. The molecule has 0 radical (unpaired) electrons. The summed E-state index contributed by atoms with van der Waals surface area (Å²) in [6.45, 7) is 13.4. The molecule has 0 N–H and O–H groups in total. The summed E-state index contributed by atoms with van der Waals surface area (Å²) >= 11 is 0. The Bertz CT molecular complexity index is 890. The first-order valence-corrected chi connectivity index (χ1v) is 7.18. The fourth-order valence-corrected chi connectivity index (χ4v) is 2.66. The Hall–Kier alpha value is -2.80. The van der Waals surface area contributed by atoms with Crippen LogP contribution in [-0.2, 0) is 7.05 Å². The Morgan fingerprint density at radius 3 is 2.55 bits per heavy atom. The van der Waals surface area contributed by atoms with Crippen LogP contribution in [0.15, 0.2) is 36.7 Å². The van der Waals surface area contributed by atoms with Gasteiger partial charge in [0, 0.05) is 36.4 Å². The Labute approximate surface area is 130 Å². The predicted molar refractivity (Wildman–Crippen MR) is 88.4 cm³/mol. The number of hydrogen-bond donors (Lipinski definition) is 0. The summed E-state index contributed by atoms with van der Waals surface area (Å²) in [7, 11) is 2.06. The Morgan fingerprint density at radius 1 is 1.14 bits per heavy atom. The molecule has 0 aliphatic carbocycles. The second-order valence-electron chi connectivity index (χ2n) is 5.55. The molecule has 0 amide bonds. The number of imidazole rings is 1. The van der Waals surface area contributed by atoms with E-state index in [1.165, 1.54) is 11.4 Å². The number of rotatable bonds is 2. The zero-order chi connectivity index (χ0) is 15.9. The molecule has 0 atom stereocenters. The molecule has 0 spiro atoms.